The Morgan fingerprint density at radius 3 is 2.37 bits per heavy atom. The summed E-state index contributed by atoms with van der Waals surface area (Å²) in [5, 5.41) is 12.3. The second-order valence-corrected chi connectivity index (χ2v) is 7.79. The number of guanidine groups is 1. The first-order chi connectivity index (χ1) is 13.8. The van der Waals surface area contributed by atoms with E-state index in [-0.39, 0.29) is 36.2 Å². The molecule has 0 unspecified atom stereocenters. The zero-order valence-electron chi connectivity index (χ0n) is 16.0. The van der Waals surface area contributed by atoms with Crippen LogP contribution in [0.5, 0.6) is 5.75 Å². The number of rotatable bonds is 9. The maximum absolute atomic E-state index is 12.9. The lowest BCUT2D eigenvalue weighted by Crippen LogP contribution is -2.39. The van der Waals surface area contributed by atoms with Crippen LogP contribution in [0.25, 0.3) is 10.8 Å². The van der Waals surface area contributed by atoms with Crippen molar-refractivity contribution in [1.29, 1.82) is 10.8 Å². The molecule has 0 aliphatic heterocycles. The molecule has 0 aromatic heterocycles. The molecule has 0 spiro atoms. The first-order valence-electron chi connectivity index (χ1n) is 8.29. The molecule has 0 aliphatic carbocycles. The molecule has 0 amide bonds. The Labute approximate surface area is 185 Å². The van der Waals surface area contributed by atoms with E-state index in [1.165, 1.54) is 13.2 Å². The van der Waals surface area contributed by atoms with Crippen LogP contribution >= 0.6 is 24.0 Å². The van der Waals surface area contributed by atoms with Crippen LogP contribution in [0.1, 0.15) is 12.8 Å². The van der Waals surface area contributed by atoms with Gasteiger partial charge in [-0.2, -0.15) is 4.72 Å². The van der Waals surface area contributed by atoms with E-state index in [9.17, 15) is 13.2 Å². The van der Waals surface area contributed by atoms with Crippen LogP contribution < -0.4 is 20.9 Å². The van der Waals surface area contributed by atoms with Gasteiger partial charge in [0.25, 0.3) is 0 Å². The first-order valence-corrected chi connectivity index (χ1v) is 10.1. The van der Waals surface area contributed by atoms with Gasteiger partial charge in [0.15, 0.2) is 5.96 Å². The Morgan fingerprint density at radius 2 is 1.80 bits per heavy atom. The number of nitrogens with zero attached hydrogens (tertiary/aromatic N) is 3. The number of sulfonamides is 1. The number of nitrogens with two attached hydrogens (primary N) is 2. The average Bonchev–Trinajstić information content (AvgIpc) is 2.70. The Hall–Kier alpha value is -2.65. The molecule has 5 N–H and O–H groups in total. The molecule has 0 aliphatic rings. The Kier molecular flexibility index (Phi) is 11.7. The molecule has 10 nitrogen and oxygen atoms in total. The normalized spacial score (nSPS) is 11.3. The van der Waals surface area contributed by atoms with E-state index >= 15 is 0 Å². The quantitative estimate of drug-likeness (QED) is 0.160. The third-order valence-corrected chi connectivity index (χ3v) is 5.66. The molecule has 1 atom stereocenters. The summed E-state index contributed by atoms with van der Waals surface area (Å²) >= 11 is 5.57. The minimum absolute atomic E-state index is 0. The van der Waals surface area contributed by atoms with Gasteiger partial charge in [0.1, 0.15) is 5.75 Å². The molecule has 13 heteroatoms. The van der Waals surface area contributed by atoms with Crippen molar-refractivity contribution in [2.45, 2.75) is 23.8 Å². The third-order valence-electron chi connectivity index (χ3n) is 3.87. The van der Waals surface area contributed by atoms with Gasteiger partial charge in [0.05, 0.1) is 18.0 Å². The number of aliphatic imine (C=N–C) groups is 1. The highest BCUT2D eigenvalue weighted by atomic mass is 35.5. The van der Waals surface area contributed by atoms with Crippen LogP contribution in [0.4, 0.5) is 0 Å². The standard InChI is InChI=1S/C17H21ClN4O4S.ClH.N2/c1-26-14-8-2-6-12-11(14)5-3-9-15(12)27(24,25)22-13(16(18)23)7-4-10-21-17(19)20;;1-2/h2-3,5-6,8-9,13,22H,4,7,10H2,1H3,(H4,19,20,21);1H;/t13-;;/m0../s1. The number of hydrogen-bond acceptors (Lipinski definition) is 7. The van der Waals surface area contributed by atoms with Gasteiger partial charge in [-0.25, -0.2) is 8.42 Å². The summed E-state index contributed by atoms with van der Waals surface area (Å²) in [5.74, 6) is 0.473. The van der Waals surface area contributed by atoms with Crippen molar-refractivity contribution in [3.63, 3.8) is 0 Å². The SMILES string of the molecule is COc1cccc2c(S(=O)(=O)N[C@@H](CCCN=C(N)N)C(=O)Cl)cccc12.Cl.N#N. The molecule has 0 saturated heterocycles. The lowest BCUT2D eigenvalue weighted by molar-refractivity contribution is -0.113. The summed E-state index contributed by atoms with van der Waals surface area (Å²) in [5.41, 5.74) is 10.5. The number of nitrogens with one attached hydrogen (secondary N) is 1. The Morgan fingerprint density at radius 1 is 1.20 bits per heavy atom. The Balaban J connectivity index is 0.00000272. The van der Waals surface area contributed by atoms with Crippen LogP contribution in [-0.4, -0.2) is 39.3 Å². The molecule has 0 radical (unpaired) electrons. The summed E-state index contributed by atoms with van der Waals surface area (Å²) in [6.45, 7) is 0.260. The van der Waals surface area contributed by atoms with Gasteiger partial charge in [0.2, 0.25) is 15.3 Å². The maximum Gasteiger partial charge on any atom is 0.241 e. The third kappa shape index (κ3) is 7.31. The second kappa shape index (κ2) is 12.8. The number of benzene rings is 2. The highest BCUT2D eigenvalue weighted by Crippen LogP contribution is 2.30. The predicted octanol–water partition coefficient (Wildman–Crippen LogP) is 1.77. The van der Waals surface area contributed by atoms with E-state index in [4.69, 9.17) is 38.6 Å². The predicted molar refractivity (Wildman–Crippen MR) is 116 cm³/mol. The van der Waals surface area contributed by atoms with Crippen molar-refractivity contribution in [2.24, 2.45) is 16.5 Å². The largest absolute Gasteiger partial charge is 0.496 e. The van der Waals surface area contributed by atoms with Crippen LogP contribution in [0, 0.1) is 10.8 Å². The summed E-state index contributed by atoms with van der Waals surface area (Å²) < 4.78 is 33.4. The molecule has 2 rings (SSSR count). The number of halogens is 2. The molecule has 0 saturated carbocycles. The van der Waals surface area contributed by atoms with E-state index in [0.717, 1.165) is 0 Å². The fraction of sp³-hybridized carbons (Fsp3) is 0.294. The summed E-state index contributed by atoms with van der Waals surface area (Å²) in [6.07, 6.45) is 0.541. The molecule has 30 heavy (non-hydrogen) atoms. The molecule has 0 fully saturated rings. The van der Waals surface area contributed by atoms with Crippen LogP contribution in [0.3, 0.4) is 0 Å². The van der Waals surface area contributed by atoms with Crippen LogP contribution in [-0.2, 0) is 14.8 Å². The van der Waals surface area contributed by atoms with E-state index < -0.39 is 21.3 Å². The average molecular weight is 477 g/mol. The summed E-state index contributed by atoms with van der Waals surface area (Å²) in [6, 6.07) is 8.83. The van der Waals surface area contributed by atoms with E-state index in [0.29, 0.717) is 22.9 Å². The summed E-state index contributed by atoms with van der Waals surface area (Å²) in [7, 11) is -2.50. The monoisotopic (exact) mass is 476 g/mol. The molecule has 0 heterocycles. The van der Waals surface area contributed by atoms with Crippen molar-refractivity contribution in [3.8, 4) is 5.75 Å². The number of methoxy groups -OCH3 is 1. The number of ether oxygens (including phenoxy) is 1. The molecule has 2 aromatic rings. The highest BCUT2D eigenvalue weighted by molar-refractivity contribution is 7.89. The van der Waals surface area contributed by atoms with Gasteiger partial charge in [-0.3, -0.25) is 9.79 Å². The highest BCUT2D eigenvalue weighted by Gasteiger charge is 2.26. The van der Waals surface area contributed by atoms with Gasteiger partial charge >= 0.3 is 0 Å². The molecule has 0 bridgehead atoms. The minimum atomic E-state index is -4.01. The van der Waals surface area contributed by atoms with Gasteiger partial charge in [0, 0.05) is 28.1 Å². The van der Waals surface area contributed by atoms with Crippen molar-refractivity contribution in [1.82, 2.24) is 4.72 Å². The molecular formula is C17H22Cl2N6O4S. The van der Waals surface area contributed by atoms with Crippen molar-refractivity contribution in [2.75, 3.05) is 13.7 Å². The summed E-state index contributed by atoms with van der Waals surface area (Å²) in [4.78, 5) is 15.5. The van der Waals surface area contributed by atoms with Gasteiger partial charge in [-0.1, -0.05) is 24.3 Å². The fourth-order valence-electron chi connectivity index (χ4n) is 2.64. The number of carbonyl (C=O) groups is 1. The zero-order valence-corrected chi connectivity index (χ0v) is 18.4. The molecule has 164 valence electrons. The van der Waals surface area contributed by atoms with Crippen LogP contribution in [0.15, 0.2) is 46.3 Å². The number of carbonyl (C=O) groups excluding carboxylic acids is 1. The van der Waals surface area contributed by atoms with Crippen molar-refractivity contribution < 1.29 is 17.9 Å². The number of hydrogen-bond donors (Lipinski definition) is 3. The smallest absolute Gasteiger partial charge is 0.241 e. The topological polar surface area (TPSA) is 184 Å². The lowest BCUT2D eigenvalue weighted by Gasteiger charge is -2.16. The van der Waals surface area contributed by atoms with E-state index in [1.807, 2.05) is 0 Å². The van der Waals surface area contributed by atoms with Crippen molar-refractivity contribution >= 4 is 56.0 Å². The Bertz CT molecular complexity index is 1010. The van der Waals surface area contributed by atoms with E-state index in [2.05, 4.69) is 9.71 Å². The molecule has 2 aromatic carbocycles. The zero-order chi connectivity index (χ0) is 22.0. The minimum Gasteiger partial charge on any atom is -0.496 e. The van der Waals surface area contributed by atoms with Gasteiger partial charge in [-0.05, 0) is 36.6 Å². The number of fused-ring (bicyclic) bond motifs is 1. The molecular weight excluding hydrogens is 455 g/mol. The van der Waals surface area contributed by atoms with Gasteiger partial charge in [-0.15, -0.1) is 12.4 Å². The maximum atomic E-state index is 12.9. The van der Waals surface area contributed by atoms with E-state index in [1.54, 1.807) is 30.3 Å². The van der Waals surface area contributed by atoms with Crippen molar-refractivity contribution in [3.05, 3.63) is 36.4 Å². The van der Waals surface area contributed by atoms with Crippen LogP contribution in [0.2, 0.25) is 0 Å². The fourth-order valence-corrected chi connectivity index (χ4v) is 4.32. The lowest BCUT2D eigenvalue weighted by atomic mass is 10.1. The second-order valence-electron chi connectivity index (χ2n) is 5.74. The van der Waals surface area contributed by atoms with Gasteiger partial charge < -0.3 is 16.2 Å². The first kappa shape index (κ1) is 27.4.